The molecule has 1 aliphatic carbocycles. The molecule has 0 spiro atoms. The van der Waals surface area contributed by atoms with Crippen LogP contribution in [0.5, 0.6) is 0 Å². The minimum atomic E-state index is 0.963. The van der Waals surface area contributed by atoms with Crippen LogP contribution >= 0.6 is 0 Å². The van der Waals surface area contributed by atoms with E-state index in [1.54, 1.807) is 6.33 Å². The Kier molecular flexibility index (Phi) is 5.65. The van der Waals surface area contributed by atoms with E-state index in [9.17, 15) is 0 Å². The van der Waals surface area contributed by atoms with Gasteiger partial charge in [0.15, 0.2) is 0 Å². The number of hydrogen-bond donors (Lipinski definition) is 2. The van der Waals surface area contributed by atoms with E-state index in [1.807, 2.05) is 0 Å². The van der Waals surface area contributed by atoms with Gasteiger partial charge in [0.25, 0.3) is 0 Å². The summed E-state index contributed by atoms with van der Waals surface area (Å²) in [6.45, 7) is 2.10. The molecule has 1 saturated carbocycles. The van der Waals surface area contributed by atoms with Crippen LogP contribution in [0.15, 0.2) is 48.8 Å². The van der Waals surface area contributed by atoms with E-state index in [4.69, 9.17) is 0 Å². The second kappa shape index (κ2) is 8.50. The summed E-state index contributed by atoms with van der Waals surface area (Å²) < 4.78 is 0. The Morgan fingerprint density at radius 1 is 0.962 bits per heavy atom. The lowest BCUT2D eigenvalue weighted by atomic mass is 9.86. The molecule has 0 radical (unpaired) electrons. The second-order valence-electron chi connectivity index (χ2n) is 7.65. The van der Waals surface area contributed by atoms with Gasteiger partial charge in [-0.25, -0.2) is 4.98 Å². The average molecular weight is 348 g/mol. The van der Waals surface area contributed by atoms with Crippen molar-refractivity contribution < 1.29 is 0 Å². The lowest BCUT2D eigenvalue weighted by Gasteiger charge is -2.21. The van der Waals surface area contributed by atoms with Crippen LogP contribution in [-0.4, -0.2) is 16.5 Å². The third kappa shape index (κ3) is 4.34. The van der Waals surface area contributed by atoms with Crippen LogP contribution in [0.1, 0.15) is 50.5 Å². The molecule has 0 saturated heterocycles. The Hall–Kier alpha value is -2.13. The molecule has 26 heavy (non-hydrogen) atoms. The fraction of sp³-hybridized carbons (Fsp3) is 0.435. The molecule has 136 valence electrons. The molecule has 0 amide bonds. The van der Waals surface area contributed by atoms with Gasteiger partial charge in [-0.3, -0.25) is 0 Å². The summed E-state index contributed by atoms with van der Waals surface area (Å²) in [5.74, 6) is 0.997. The average Bonchev–Trinajstić information content (AvgIpc) is 3.17. The first-order chi connectivity index (χ1) is 12.9. The van der Waals surface area contributed by atoms with E-state index in [-0.39, 0.29) is 0 Å². The van der Waals surface area contributed by atoms with Crippen LogP contribution in [-0.2, 0) is 6.54 Å². The summed E-state index contributed by atoms with van der Waals surface area (Å²) in [7, 11) is 0. The fourth-order valence-electron chi connectivity index (χ4n) is 4.15. The summed E-state index contributed by atoms with van der Waals surface area (Å²) >= 11 is 0. The molecule has 0 unspecified atom stereocenters. The largest absolute Gasteiger partial charge is 0.345 e. The first kappa shape index (κ1) is 17.3. The van der Waals surface area contributed by atoms with Gasteiger partial charge in [0.1, 0.15) is 0 Å². The molecule has 3 nitrogen and oxygen atoms in total. The highest BCUT2D eigenvalue weighted by molar-refractivity contribution is 5.81. The Bertz CT molecular complexity index is 813. The number of imidazole rings is 1. The van der Waals surface area contributed by atoms with E-state index in [1.165, 1.54) is 61.6 Å². The Balaban J connectivity index is 1.25. The number of H-pyrrole nitrogens is 1. The van der Waals surface area contributed by atoms with E-state index in [2.05, 4.69) is 57.7 Å². The monoisotopic (exact) mass is 347 g/mol. The third-order valence-corrected chi connectivity index (χ3v) is 5.73. The van der Waals surface area contributed by atoms with Gasteiger partial charge in [0, 0.05) is 6.54 Å². The summed E-state index contributed by atoms with van der Waals surface area (Å²) in [4.78, 5) is 7.47. The van der Waals surface area contributed by atoms with Gasteiger partial charge in [-0.2, -0.15) is 0 Å². The van der Waals surface area contributed by atoms with Crippen LogP contribution < -0.4 is 5.32 Å². The normalized spacial score (nSPS) is 15.5. The molecule has 2 aromatic carbocycles. The van der Waals surface area contributed by atoms with Gasteiger partial charge in [-0.05, 0) is 54.1 Å². The summed E-state index contributed by atoms with van der Waals surface area (Å²) in [5.41, 5.74) is 5.94. The molecular formula is C23H29N3. The van der Waals surface area contributed by atoms with E-state index < -0.39 is 0 Å². The third-order valence-electron chi connectivity index (χ3n) is 5.73. The van der Waals surface area contributed by atoms with Crippen molar-refractivity contribution in [1.29, 1.82) is 0 Å². The van der Waals surface area contributed by atoms with Crippen LogP contribution in [0.3, 0.4) is 0 Å². The molecule has 3 heteroatoms. The van der Waals surface area contributed by atoms with Crippen molar-refractivity contribution in [2.24, 2.45) is 5.92 Å². The van der Waals surface area contributed by atoms with E-state index >= 15 is 0 Å². The zero-order chi connectivity index (χ0) is 17.6. The van der Waals surface area contributed by atoms with Crippen molar-refractivity contribution in [3.8, 4) is 11.1 Å². The Labute approximate surface area is 156 Å². The van der Waals surface area contributed by atoms with Gasteiger partial charge in [-0.1, -0.05) is 62.4 Å². The van der Waals surface area contributed by atoms with Crippen molar-refractivity contribution in [2.75, 3.05) is 6.54 Å². The standard InChI is InChI=1S/C23H29N3/c1-2-5-18(6-3-1)7-4-14-24-16-19-8-10-20(11-9-19)21-12-13-22-23(15-21)26-17-25-22/h8-13,15,17-18,24H,1-7,14,16H2,(H,25,26). The number of aromatic amines is 1. The quantitative estimate of drug-likeness (QED) is 0.540. The number of aromatic nitrogens is 2. The van der Waals surface area contributed by atoms with E-state index in [0.717, 1.165) is 30.0 Å². The molecule has 0 atom stereocenters. The summed E-state index contributed by atoms with van der Waals surface area (Å²) in [5, 5.41) is 3.61. The van der Waals surface area contributed by atoms with Crippen LogP contribution in [0.2, 0.25) is 0 Å². The molecule has 2 N–H and O–H groups in total. The summed E-state index contributed by atoms with van der Waals surface area (Å²) in [6, 6.07) is 15.3. The first-order valence-corrected chi connectivity index (χ1v) is 10.1. The molecular weight excluding hydrogens is 318 g/mol. The fourth-order valence-corrected chi connectivity index (χ4v) is 4.15. The molecule has 1 heterocycles. The highest BCUT2D eigenvalue weighted by atomic mass is 14.9. The lowest BCUT2D eigenvalue weighted by Crippen LogP contribution is -2.16. The van der Waals surface area contributed by atoms with Crippen LogP contribution in [0, 0.1) is 5.92 Å². The summed E-state index contributed by atoms with van der Waals surface area (Å²) in [6.07, 6.45) is 11.8. The SMILES string of the molecule is c1nc2ccc(-c3ccc(CNCCCC4CCCCC4)cc3)cc2[nH]1. The first-order valence-electron chi connectivity index (χ1n) is 10.1. The number of benzene rings is 2. The van der Waals surface area contributed by atoms with Gasteiger partial charge in [0.05, 0.1) is 17.4 Å². The van der Waals surface area contributed by atoms with Crippen LogP contribution in [0.4, 0.5) is 0 Å². The zero-order valence-corrected chi connectivity index (χ0v) is 15.5. The highest BCUT2D eigenvalue weighted by Crippen LogP contribution is 2.27. The van der Waals surface area contributed by atoms with Crippen LogP contribution in [0.25, 0.3) is 22.2 Å². The minimum absolute atomic E-state index is 0.963. The molecule has 1 fully saturated rings. The predicted octanol–water partition coefficient (Wildman–Crippen LogP) is 5.68. The molecule has 4 rings (SSSR count). The number of nitrogens with one attached hydrogen (secondary N) is 2. The molecule has 0 bridgehead atoms. The van der Waals surface area contributed by atoms with E-state index in [0.29, 0.717) is 0 Å². The maximum absolute atomic E-state index is 4.28. The topological polar surface area (TPSA) is 40.7 Å². The van der Waals surface area contributed by atoms with Gasteiger partial charge in [-0.15, -0.1) is 0 Å². The number of hydrogen-bond acceptors (Lipinski definition) is 2. The van der Waals surface area contributed by atoms with Crippen molar-refractivity contribution in [2.45, 2.75) is 51.5 Å². The molecule has 0 aliphatic heterocycles. The molecule has 1 aliphatic rings. The number of fused-ring (bicyclic) bond motifs is 1. The number of nitrogens with zero attached hydrogens (tertiary/aromatic N) is 1. The van der Waals surface area contributed by atoms with Crippen molar-refractivity contribution >= 4 is 11.0 Å². The lowest BCUT2D eigenvalue weighted by molar-refractivity contribution is 0.330. The Morgan fingerprint density at radius 2 is 1.77 bits per heavy atom. The maximum Gasteiger partial charge on any atom is 0.0931 e. The molecule has 3 aromatic rings. The molecule has 1 aromatic heterocycles. The zero-order valence-electron chi connectivity index (χ0n) is 15.5. The van der Waals surface area contributed by atoms with Crippen molar-refractivity contribution in [3.05, 3.63) is 54.4 Å². The van der Waals surface area contributed by atoms with Gasteiger partial charge >= 0.3 is 0 Å². The van der Waals surface area contributed by atoms with Crippen molar-refractivity contribution in [1.82, 2.24) is 15.3 Å². The smallest absolute Gasteiger partial charge is 0.0931 e. The maximum atomic E-state index is 4.28. The highest BCUT2D eigenvalue weighted by Gasteiger charge is 2.12. The predicted molar refractivity (Wildman–Crippen MR) is 109 cm³/mol. The van der Waals surface area contributed by atoms with Gasteiger partial charge < -0.3 is 10.3 Å². The second-order valence-corrected chi connectivity index (χ2v) is 7.65. The van der Waals surface area contributed by atoms with Crippen molar-refractivity contribution in [3.63, 3.8) is 0 Å². The Morgan fingerprint density at radius 3 is 2.62 bits per heavy atom. The number of rotatable bonds is 7. The van der Waals surface area contributed by atoms with Gasteiger partial charge in [0.2, 0.25) is 0 Å². The minimum Gasteiger partial charge on any atom is -0.345 e.